The van der Waals surface area contributed by atoms with Gasteiger partial charge in [0.2, 0.25) is 0 Å². The number of ketones is 2. The van der Waals surface area contributed by atoms with E-state index in [4.69, 9.17) is 0 Å². The van der Waals surface area contributed by atoms with Crippen LogP contribution in [-0.2, 0) is 16.0 Å². The summed E-state index contributed by atoms with van der Waals surface area (Å²) in [6.45, 7) is 4.91. The maximum atomic E-state index is 12.5. The molecule has 1 aromatic rings. The van der Waals surface area contributed by atoms with Gasteiger partial charge in [0.25, 0.3) is 0 Å². The van der Waals surface area contributed by atoms with Gasteiger partial charge in [-0.1, -0.05) is 18.7 Å². The first-order chi connectivity index (χ1) is 11.8. The van der Waals surface area contributed by atoms with Crippen LogP contribution in [0.25, 0.3) is 0 Å². The Balaban J connectivity index is 2.30. The standard InChI is InChI=1S/C20H24O5/c1-12(21)6-9-19(23)17-11-14(10-15-4-3-5-18(15)22)7-8-16(17)13(2)20(24)25/h7-8,11,13,15,21H,1,3-6,9-10H2,2H3,(H,24,25)/t13?,15-/m0/s1. The normalized spacial score (nSPS) is 18.1. The fourth-order valence-electron chi connectivity index (χ4n) is 3.26. The zero-order valence-electron chi connectivity index (χ0n) is 14.5. The van der Waals surface area contributed by atoms with Gasteiger partial charge in [-0.3, -0.25) is 14.4 Å². The van der Waals surface area contributed by atoms with Gasteiger partial charge >= 0.3 is 5.97 Å². The van der Waals surface area contributed by atoms with Crippen LogP contribution in [0.5, 0.6) is 0 Å². The van der Waals surface area contributed by atoms with E-state index in [0.717, 1.165) is 18.4 Å². The van der Waals surface area contributed by atoms with Gasteiger partial charge in [-0.05, 0) is 43.4 Å². The number of carboxylic acid groups (broad SMARTS) is 1. The van der Waals surface area contributed by atoms with E-state index in [1.165, 1.54) is 0 Å². The summed E-state index contributed by atoms with van der Waals surface area (Å²) >= 11 is 0. The number of benzene rings is 1. The number of rotatable bonds is 8. The lowest BCUT2D eigenvalue weighted by molar-refractivity contribution is -0.138. The summed E-state index contributed by atoms with van der Waals surface area (Å²) in [6, 6.07) is 5.19. The molecule has 1 fully saturated rings. The molecule has 1 aromatic carbocycles. The lowest BCUT2D eigenvalue weighted by atomic mass is 9.88. The number of hydrogen-bond acceptors (Lipinski definition) is 4. The quantitative estimate of drug-likeness (QED) is 0.552. The smallest absolute Gasteiger partial charge is 0.310 e. The highest BCUT2D eigenvalue weighted by Gasteiger charge is 2.26. The Morgan fingerprint density at radius 2 is 2.00 bits per heavy atom. The molecule has 1 unspecified atom stereocenters. The lowest BCUT2D eigenvalue weighted by Crippen LogP contribution is -2.15. The van der Waals surface area contributed by atoms with Gasteiger partial charge in [-0.2, -0.15) is 0 Å². The minimum atomic E-state index is -1.00. The topological polar surface area (TPSA) is 91.7 Å². The molecule has 2 rings (SSSR count). The predicted octanol–water partition coefficient (Wildman–Crippen LogP) is 3.82. The number of aliphatic carboxylic acids is 1. The third kappa shape index (κ3) is 4.78. The Kier molecular flexibility index (Phi) is 6.12. The molecule has 1 aliphatic rings. The molecule has 0 spiro atoms. The van der Waals surface area contributed by atoms with Crippen molar-refractivity contribution < 1.29 is 24.6 Å². The molecular weight excluding hydrogens is 320 g/mol. The Labute approximate surface area is 147 Å². The van der Waals surface area contributed by atoms with Crippen LogP contribution >= 0.6 is 0 Å². The summed E-state index contributed by atoms with van der Waals surface area (Å²) in [5, 5.41) is 18.5. The second-order valence-corrected chi connectivity index (χ2v) is 6.73. The highest BCUT2D eigenvalue weighted by molar-refractivity contribution is 5.99. The van der Waals surface area contributed by atoms with E-state index in [2.05, 4.69) is 6.58 Å². The first kappa shape index (κ1) is 18.9. The van der Waals surface area contributed by atoms with Gasteiger partial charge in [-0.25, -0.2) is 0 Å². The average Bonchev–Trinajstić information content (AvgIpc) is 2.96. The Bertz CT molecular complexity index is 704. The van der Waals surface area contributed by atoms with Crippen LogP contribution in [-0.4, -0.2) is 27.7 Å². The second kappa shape index (κ2) is 8.10. The molecule has 1 aliphatic carbocycles. The highest BCUT2D eigenvalue weighted by atomic mass is 16.4. The van der Waals surface area contributed by atoms with E-state index in [1.54, 1.807) is 19.1 Å². The zero-order valence-corrected chi connectivity index (χ0v) is 14.5. The number of allylic oxidation sites excluding steroid dienone is 1. The zero-order chi connectivity index (χ0) is 18.6. The molecule has 0 radical (unpaired) electrons. The number of carbonyl (C=O) groups excluding carboxylic acids is 2. The number of aliphatic hydroxyl groups excluding tert-OH is 1. The first-order valence-electron chi connectivity index (χ1n) is 8.58. The van der Waals surface area contributed by atoms with Crippen LogP contribution in [0.3, 0.4) is 0 Å². The van der Waals surface area contributed by atoms with Crippen LogP contribution in [0.15, 0.2) is 30.5 Å². The molecule has 0 aromatic heterocycles. The fourth-order valence-corrected chi connectivity index (χ4v) is 3.26. The summed E-state index contributed by atoms with van der Waals surface area (Å²) in [5.74, 6) is -1.86. The average molecular weight is 344 g/mol. The minimum Gasteiger partial charge on any atom is -0.513 e. The summed E-state index contributed by atoms with van der Waals surface area (Å²) < 4.78 is 0. The number of Topliss-reactive ketones (excluding diaryl/α,β-unsaturated/α-hetero) is 2. The van der Waals surface area contributed by atoms with Crippen molar-refractivity contribution in [3.05, 3.63) is 47.2 Å². The van der Waals surface area contributed by atoms with Crippen molar-refractivity contribution in [1.82, 2.24) is 0 Å². The van der Waals surface area contributed by atoms with Crippen molar-refractivity contribution in [2.75, 3.05) is 0 Å². The summed E-state index contributed by atoms with van der Waals surface area (Å²) in [5.41, 5.74) is 1.69. The second-order valence-electron chi connectivity index (χ2n) is 6.73. The predicted molar refractivity (Wildman–Crippen MR) is 93.9 cm³/mol. The molecule has 2 N–H and O–H groups in total. The van der Waals surface area contributed by atoms with Crippen molar-refractivity contribution in [1.29, 1.82) is 0 Å². The Morgan fingerprint density at radius 3 is 2.56 bits per heavy atom. The van der Waals surface area contributed by atoms with E-state index in [1.807, 2.05) is 6.07 Å². The van der Waals surface area contributed by atoms with Crippen molar-refractivity contribution in [3.8, 4) is 0 Å². The maximum Gasteiger partial charge on any atom is 0.310 e. The van der Waals surface area contributed by atoms with E-state index in [-0.39, 0.29) is 36.1 Å². The fraction of sp³-hybridized carbons (Fsp3) is 0.450. The molecule has 0 amide bonds. The molecule has 0 aliphatic heterocycles. The molecular formula is C20H24O5. The minimum absolute atomic E-state index is 0.0112. The number of carbonyl (C=O) groups is 3. The van der Waals surface area contributed by atoms with E-state index < -0.39 is 11.9 Å². The molecule has 25 heavy (non-hydrogen) atoms. The van der Waals surface area contributed by atoms with Gasteiger partial charge in [-0.15, -0.1) is 0 Å². The van der Waals surface area contributed by atoms with Crippen LogP contribution in [0.2, 0.25) is 0 Å². The number of carboxylic acids is 1. The van der Waals surface area contributed by atoms with Crippen molar-refractivity contribution in [3.63, 3.8) is 0 Å². The molecule has 5 nitrogen and oxygen atoms in total. The van der Waals surface area contributed by atoms with Gasteiger partial charge in [0, 0.05) is 30.7 Å². The van der Waals surface area contributed by atoms with Gasteiger partial charge in [0.1, 0.15) is 5.78 Å². The number of hydrogen-bond donors (Lipinski definition) is 2. The van der Waals surface area contributed by atoms with Crippen molar-refractivity contribution in [2.45, 2.75) is 51.4 Å². The summed E-state index contributed by atoms with van der Waals surface area (Å²) in [7, 11) is 0. The third-order valence-corrected chi connectivity index (χ3v) is 4.81. The monoisotopic (exact) mass is 344 g/mol. The number of aliphatic hydroxyl groups is 1. The summed E-state index contributed by atoms with van der Waals surface area (Å²) in [4.78, 5) is 35.7. The Hall–Kier alpha value is -2.43. The molecule has 5 heteroatoms. The largest absolute Gasteiger partial charge is 0.513 e. The van der Waals surface area contributed by atoms with Gasteiger partial charge in [0.15, 0.2) is 5.78 Å². The van der Waals surface area contributed by atoms with Crippen molar-refractivity contribution >= 4 is 17.5 Å². The molecule has 0 bridgehead atoms. The molecule has 0 saturated heterocycles. The van der Waals surface area contributed by atoms with Crippen LogP contribution in [0.1, 0.15) is 66.4 Å². The molecule has 2 atom stereocenters. The molecule has 0 heterocycles. The van der Waals surface area contributed by atoms with Gasteiger partial charge in [0.05, 0.1) is 11.7 Å². The lowest BCUT2D eigenvalue weighted by Gasteiger charge is -2.15. The maximum absolute atomic E-state index is 12.5. The summed E-state index contributed by atoms with van der Waals surface area (Å²) in [6.07, 6.45) is 3.17. The van der Waals surface area contributed by atoms with Crippen LogP contribution < -0.4 is 0 Å². The van der Waals surface area contributed by atoms with Crippen LogP contribution in [0, 0.1) is 5.92 Å². The highest BCUT2D eigenvalue weighted by Crippen LogP contribution is 2.28. The van der Waals surface area contributed by atoms with E-state index >= 15 is 0 Å². The molecule has 1 saturated carbocycles. The van der Waals surface area contributed by atoms with Gasteiger partial charge < -0.3 is 10.2 Å². The van der Waals surface area contributed by atoms with Crippen LogP contribution in [0.4, 0.5) is 0 Å². The van der Waals surface area contributed by atoms with E-state index in [9.17, 15) is 24.6 Å². The van der Waals surface area contributed by atoms with E-state index in [0.29, 0.717) is 24.0 Å². The third-order valence-electron chi connectivity index (χ3n) is 4.81. The Morgan fingerprint density at radius 1 is 1.28 bits per heavy atom. The SMILES string of the molecule is C=C(O)CCC(=O)c1cc(C[C@@H]2CCCC2=O)ccc1C(C)C(=O)O. The molecule has 134 valence electrons. The van der Waals surface area contributed by atoms with Crippen molar-refractivity contribution in [2.24, 2.45) is 5.92 Å². The first-order valence-corrected chi connectivity index (χ1v) is 8.58.